The average Bonchev–Trinajstić information content (AvgIpc) is 3.24. The SMILES string of the molecule is CN(CCc1cn[nH]c1)Cc1nc(-c2ccc(C(F)(F)F)cc2)no1.Cl. The third-order valence-corrected chi connectivity index (χ3v) is 3.68. The minimum atomic E-state index is -4.36. The third kappa shape index (κ3) is 5.06. The number of benzene rings is 1. The van der Waals surface area contributed by atoms with Crippen molar-refractivity contribution in [3.63, 3.8) is 0 Å². The first-order valence-corrected chi connectivity index (χ1v) is 7.58. The van der Waals surface area contributed by atoms with Gasteiger partial charge in [0, 0.05) is 18.3 Å². The Labute approximate surface area is 153 Å². The first-order valence-electron chi connectivity index (χ1n) is 7.58. The number of hydrogen-bond acceptors (Lipinski definition) is 5. The second kappa shape index (κ2) is 8.33. The Hall–Kier alpha value is -2.39. The molecule has 2 aromatic heterocycles. The minimum absolute atomic E-state index is 0. The van der Waals surface area contributed by atoms with E-state index in [1.165, 1.54) is 12.1 Å². The van der Waals surface area contributed by atoms with E-state index >= 15 is 0 Å². The van der Waals surface area contributed by atoms with E-state index in [-0.39, 0.29) is 18.2 Å². The lowest BCUT2D eigenvalue weighted by Gasteiger charge is -2.12. The third-order valence-electron chi connectivity index (χ3n) is 3.68. The van der Waals surface area contributed by atoms with Crippen LogP contribution in [0, 0.1) is 0 Å². The summed E-state index contributed by atoms with van der Waals surface area (Å²) in [4.78, 5) is 6.25. The Balaban J connectivity index is 0.00000243. The first kappa shape index (κ1) is 19.9. The van der Waals surface area contributed by atoms with Gasteiger partial charge in [-0.25, -0.2) is 0 Å². The van der Waals surface area contributed by atoms with E-state index in [0.717, 1.165) is 30.7 Å². The van der Waals surface area contributed by atoms with Gasteiger partial charge in [0.05, 0.1) is 18.3 Å². The molecule has 0 aliphatic heterocycles. The highest BCUT2D eigenvalue weighted by Gasteiger charge is 2.30. The van der Waals surface area contributed by atoms with Crippen molar-refractivity contribution in [1.82, 2.24) is 25.2 Å². The maximum atomic E-state index is 12.6. The van der Waals surface area contributed by atoms with Crippen molar-refractivity contribution in [3.05, 3.63) is 53.7 Å². The summed E-state index contributed by atoms with van der Waals surface area (Å²) >= 11 is 0. The minimum Gasteiger partial charge on any atom is -0.338 e. The van der Waals surface area contributed by atoms with Crippen molar-refractivity contribution in [3.8, 4) is 11.4 Å². The zero-order chi connectivity index (χ0) is 17.9. The Bertz CT molecular complexity index is 802. The van der Waals surface area contributed by atoms with Gasteiger partial charge in [-0.05, 0) is 31.2 Å². The molecule has 0 saturated heterocycles. The number of likely N-dealkylation sites (N-methyl/N-ethyl adjacent to an activating group) is 1. The summed E-state index contributed by atoms with van der Waals surface area (Å²) in [6.45, 7) is 1.23. The average molecular weight is 388 g/mol. The highest BCUT2D eigenvalue weighted by molar-refractivity contribution is 5.85. The quantitative estimate of drug-likeness (QED) is 0.700. The zero-order valence-corrected chi connectivity index (χ0v) is 14.6. The van der Waals surface area contributed by atoms with E-state index in [4.69, 9.17) is 4.52 Å². The van der Waals surface area contributed by atoms with Crippen LogP contribution in [0.4, 0.5) is 13.2 Å². The van der Waals surface area contributed by atoms with Crippen LogP contribution < -0.4 is 0 Å². The number of aromatic nitrogens is 4. The molecule has 1 aromatic carbocycles. The second-order valence-corrected chi connectivity index (χ2v) is 5.68. The fourth-order valence-corrected chi connectivity index (χ4v) is 2.29. The lowest BCUT2D eigenvalue weighted by atomic mass is 10.1. The Morgan fingerprint density at radius 1 is 1.19 bits per heavy atom. The number of rotatable bonds is 6. The summed E-state index contributed by atoms with van der Waals surface area (Å²) in [5, 5.41) is 10.5. The van der Waals surface area contributed by atoms with Crippen LogP contribution in [-0.4, -0.2) is 38.8 Å². The van der Waals surface area contributed by atoms with Crippen LogP contribution in [0.2, 0.25) is 0 Å². The maximum absolute atomic E-state index is 12.6. The number of nitrogens with one attached hydrogen (secondary N) is 1. The number of alkyl halides is 3. The molecule has 0 aliphatic carbocycles. The van der Waals surface area contributed by atoms with E-state index in [9.17, 15) is 13.2 Å². The van der Waals surface area contributed by atoms with Gasteiger partial charge in [0.25, 0.3) is 0 Å². The van der Waals surface area contributed by atoms with Gasteiger partial charge in [-0.2, -0.15) is 23.3 Å². The smallest absolute Gasteiger partial charge is 0.338 e. The normalized spacial score (nSPS) is 11.6. The van der Waals surface area contributed by atoms with Gasteiger partial charge in [0.1, 0.15) is 0 Å². The lowest BCUT2D eigenvalue weighted by Crippen LogP contribution is -2.20. The fourth-order valence-electron chi connectivity index (χ4n) is 2.29. The number of halogens is 4. The standard InChI is InChI=1S/C16H16F3N5O.ClH/c1-24(7-6-11-8-20-21-9-11)10-14-22-15(23-25-14)12-2-4-13(5-3-12)16(17,18)19;/h2-5,8-9H,6-7,10H2,1H3,(H,20,21);1H. The van der Waals surface area contributed by atoms with E-state index in [1.54, 1.807) is 6.20 Å². The first-order chi connectivity index (χ1) is 11.9. The molecule has 1 N–H and O–H groups in total. The Morgan fingerprint density at radius 3 is 2.54 bits per heavy atom. The number of nitrogens with zero attached hydrogens (tertiary/aromatic N) is 4. The molecule has 0 unspecified atom stereocenters. The molecule has 2 heterocycles. The number of hydrogen-bond donors (Lipinski definition) is 1. The molecule has 0 atom stereocenters. The second-order valence-electron chi connectivity index (χ2n) is 5.68. The number of aromatic amines is 1. The molecule has 0 saturated carbocycles. The van der Waals surface area contributed by atoms with Gasteiger partial charge in [-0.15, -0.1) is 12.4 Å². The van der Waals surface area contributed by atoms with Crippen LogP contribution in [0.5, 0.6) is 0 Å². The van der Waals surface area contributed by atoms with E-state index < -0.39 is 11.7 Å². The summed E-state index contributed by atoms with van der Waals surface area (Å²) in [6.07, 6.45) is 0.0675. The highest BCUT2D eigenvalue weighted by atomic mass is 35.5. The molecule has 0 fully saturated rings. The highest BCUT2D eigenvalue weighted by Crippen LogP contribution is 2.30. The molecule has 26 heavy (non-hydrogen) atoms. The zero-order valence-electron chi connectivity index (χ0n) is 13.8. The van der Waals surface area contributed by atoms with Crippen LogP contribution in [0.1, 0.15) is 17.0 Å². The molecular formula is C16H17ClF3N5O. The predicted octanol–water partition coefficient (Wildman–Crippen LogP) is 3.57. The summed E-state index contributed by atoms with van der Waals surface area (Å²) in [5.74, 6) is 0.677. The molecule has 0 radical (unpaired) electrons. The Kier molecular flexibility index (Phi) is 6.38. The van der Waals surface area contributed by atoms with Crippen LogP contribution in [0.15, 0.2) is 41.2 Å². The van der Waals surface area contributed by atoms with Crippen LogP contribution in [0.3, 0.4) is 0 Å². The van der Waals surface area contributed by atoms with Gasteiger partial charge < -0.3 is 4.52 Å². The summed E-state index contributed by atoms with van der Waals surface area (Å²) < 4.78 is 42.9. The molecule has 0 aliphatic rings. The number of H-pyrrole nitrogens is 1. The van der Waals surface area contributed by atoms with Crippen LogP contribution in [0.25, 0.3) is 11.4 Å². The van der Waals surface area contributed by atoms with Crippen molar-refractivity contribution in [2.45, 2.75) is 19.1 Å². The fraction of sp³-hybridized carbons (Fsp3) is 0.312. The van der Waals surface area contributed by atoms with Gasteiger partial charge in [0.15, 0.2) is 0 Å². The monoisotopic (exact) mass is 387 g/mol. The lowest BCUT2D eigenvalue weighted by molar-refractivity contribution is -0.137. The molecule has 10 heteroatoms. The predicted molar refractivity (Wildman–Crippen MR) is 90.6 cm³/mol. The molecule has 3 aromatic rings. The Morgan fingerprint density at radius 2 is 1.92 bits per heavy atom. The van der Waals surface area contributed by atoms with E-state index in [0.29, 0.717) is 18.0 Å². The van der Waals surface area contributed by atoms with E-state index in [2.05, 4.69) is 20.3 Å². The maximum Gasteiger partial charge on any atom is 0.416 e. The van der Waals surface area contributed by atoms with Crippen LogP contribution >= 0.6 is 12.4 Å². The van der Waals surface area contributed by atoms with Crippen molar-refractivity contribution < 1.29 is 17.7 Å². The van der Waals surface area contributed by atoms with Crippen molar-refractivity contribution in [2.24, 2.45) is 0 Å². The van der Waals surface area contributed by atoms with Crippen LogP contribution in [-0.2, 0) is 19.1 Å². The largest absolute Gasteiger partial charge is 0.416 e. The molecule has 0 bridgehead atoms. The van der Waals surface area contributed by atoms with Gasteiger partial charge in [-0.1, -0.05) is 17.3 Å². The molecule has 140 valence electrons. The van der Waals surface area contributed by atoms with Crippen molar-refractivity contribution >= 4 is 12.4 Å². The molecular weight excluding hydrogens is 371 g/mol. The molecule has 0 amide bonds. The van der Waals surface area contributed by atoms with E-state index in [1.807, 2.05) is 18.1 Å². The van der Waals surface area contributed by atoms with Crippen molar-refractivity contribution in [1.29, 1.82) is 0 Å². The van der Waals surface area contributed by atoms with Crippen molar-refractivity contribution in [2.75, 3.05) is 13.6 Å². The van der Waals surface area contributed by atoms with Gasteiger partial charge in [-0.3, -0.25) is 10.00 Å². The summed E-state index contributed by atoms with van der Waals surface area (Å²) in [6, 6.07) is 4.67. The molecule has 3 rings (SSSR count). The molecule has 6 nitrogen and oxygen atoms in total. The summed E-state index contributed by atoms with van der Waals surface area (Å²) in [7, 11) is 1.92. The van der Waals surface area contributed by atoms with Gasteiger partial charge >= 0.3 is 6.18 Å². The summed E-state index contributed by atoms with van der Waals surface area (Å²) in [5.41, 5.74) is 0.867. The molecule has 0 spiro atoms. The topological polar surface area (TPSA) is 70.8 Å². The van der Waals surface area contributed by atoms with Gasteiger partial charge in [0.2, 0.25) is 11.7 Å².